The molecule has 0 saturated heterocycles. The number of benzene rings is 5. The summed E-state index contributed by atoms with van der Waals surface area (Å²) in [7, 11) is 0. The number of fused-ring (bicyclic) bond motifs is 8. The Labute approximate surface area is 396 Å². The Kier molecular flexibility index (Phi) is 9.52. The highest BCUT2D eigenvalue weighted by Gasteiger charge is 2.52. The van der Waals surface area contributed by atoms with Crippen molar-refractivity contribution < 1.29 is 13.7 Å². The van der Waals surface area contributed by atoms with E-state index in [-0.39, 0.29) is 0 Å². The summed E-state index contributed by atoms with van der Waals surface area (Å²) in [5.41, 5.74) is 21.8. The Hall–Kier alpha value is -8.23. The van der Waals surface area contributed by atoms with E-state index in [0.29, 0.717) is 11.5 Å². The number of aromatic amines is 2. The van der Waals surface area contributed by atoms with Gasteiger partial charge >= 0.3 is 6.82 Å². The minimum Gasteiger partial charge on any atom is -0.646 e. The molecule has 0 spiro atoms. The summed E-state index contributed by atoms with van der Waals surface area (Å²) in [5.74, 6) is 2.47. The van der Waals surface area contributed by atoms with E-state index in [1.54, 1.807) is 0 Å². The first kappa shape index (κ1) is 41.2. The lowest BCUT2D eigenvalue weighted by atomic mass is 9.76. The molecule has 0 aliphatic carbocycles. The average Bonchev–Trinajstić information content (AvgIpc) is 4.16. The molecule has 2 aliphatic rings. The number of hydrogen-bond donors (Lipinski definition) is 2. The molecule has 2 N–H and O–H groups in total. The van der Waals surface area contributed by atoms with Crippen molar-refractivity contribution in [3.63, 3.8) is 0 Å². The molecule has 0 amide bonds. The van der Waals surface area contributed by atoms with Gasteiger partial charge in [-0.1, -0.05) is 71.8 Å². The fourth-order valence-corrected chi connectivity index (χ4v) is 10.6. The van der Waals surface area contributed by atoms with Crippen LogP contribution in [0.25, 0.3) is 33.9 Å². The van der Waals surface area contributed by atoms with Gasteiger partial charge in [-0.25, -0.2) is 0 Å². The number of furan rings is 1. The predicted octanol–water partition coefficient (Wildman–Crippen LogP) is 12.2. The van der Waals surface area contributed by atoms with Crippen LogP contribution in [0.5, 0.6) is 11.5 Å². The van der Waals surface area contributed by atoms with Gasteiger partial charge in [-0.15, -0.1) is 0 Å². The van der Waals surface area contributed by atoms with Gasteiger partial charge in [-0.3, -0.25) is 0 Å². The molecule has 12 rings (SSSR count). The molecule has 7 nitrogen and oxygen atoms in total. The molecule has 5 aromatic heterocycles. The van der Waals surface area contributed by atoms with Gasteiger partial charge in [0.1, 0.15) is 16.7 Å². The molecule has 10 aromatic rings. The Morgan fingerprint density at radius 1 is 0.397 bits per heavy atom. The van der Waals surface area contributed by atoms with Crippen LogP contribution in [0.3, 0.4) is 0 Å². The van der Waals surface area contributed by atoms with E-state index in [4.69, 9.17) is 13.7 Å². The third kappa shape index (κ3) is 6.86. The van der Waals surface area contributed by atoms with Crippen molar-refractivity contribution >= 4 is 18.0 Å². The molecule has 0 fully saturated rings. The maximum Gasteiger partial charge on any atom is 0.583 e. The molecule has 5 aromatic carbocycles. The third-order valence-corrected chi connectivity index (χ3v) is 13.6. The van der Waals surface area contributed by atoms with Gasteiger partial charge in [0.2, 0.25) is 0 Å². The molecule has 8 heteroatoms. The van der Waals surface area contributed by atoms with Gasteiger partial charge in [0.15, 0.2) is 0 Å². The average molecular weight is 887 g/mol. The summed E-state index contributed by atoms with van der Waals surface area (Å²) in [4.78, 5) is 7.86. The van der Waals surface area contributed by atoms with E-state index in [0.717, 1.165) is 112 Å². The highest BCUT2D eigenvalue weighted by atomic mass is 16.6. The Bertz CT molecular complexity index is 3450. The second-order valence-electron chi connectivity index (χ2n) is 18.9. The van der Waals surface area contributed by atoms with Crippen LogP contribution in [0.15, 0.2) is 174 Å². The van der Waals surface area contributed by atoms with Crippen molar-refractivity contribution in [1.82, 2.24) is 18.9 Å². The normalized spacial score (nSPS) is 13.5. The Balaban J connectivity index is 1.24. The molecule has 332 valence electrons. The molecule has 0 saturated carbocycles. The van der Waals surface area contributed by atoms with Crippen molar-refractivity contribution in [1.29, 1.82) is 0 Å². The van der Waals surface area contributed by atoms with Gasteiger partial charge in [0.25, 0.3) is 0 Å². The SMILES string of the molecule is Cc1ccc(C2=c3ccc(o3)=C(c3ccc(C)cc3)c3ccc([nH]3)-c3ccc4n3[B-](Oc3cc(C)cc(C)c3)(Oc3cc(C)cc(C)c3)n3c(ccc3[C+]4c3ccc(C)cc3)-c3ccc2[nH]3)cc1. The monoisotopic (exact) mass is 886 g/mol. The van der Waals surface area contributed by atoms with Gasteiger partial charge in [-0.2, -0.15) is 0 Å². The lowest BCUT2D eigenvalue weighted by Crippen LogP contribution is -2.66. The van der Waals surface area contributed by atoms with Crippen molar-refractivity contribution in [3.8, 4) is 34.3 Å². The van der Waals surface area contributed by atoms with Crippen LogP contribution >= 0.6 is 0 Å². The van der Waals surface area contributed by atoms with E-state index >= 15 is 0 Å². The standard InChI is InChI=1S/C60H51BN4O3/c1-36-8-14-43(15-9-36)58-50-22-20-48(62-50)52-24-26-54-60(45-18-12-38(3)13-19-45)55-27-25-53(49-21-23-51(63-49)59(57-29-28-56(58)66-57)44-16-10-37(2)11-17-44)65(55)61(64(52)54,67-46-32-39(4)30-40(5)33-46)68-47-34-41(6)31-42(7)35-47/h8-35,62-63H,1-7H3. The topological polar surface area (TPSA) is 73.0 Å². The summed E-state index contributed by atoms with van der Waals surface area (Å²) in [6, 6.07) is 60.7. The zero-order valence-electron chi connectivity index (χ0n) is 39.4. The van der Waals surface area contributed by atoms with Crippen molar-refractivity contribution in [2.24, 2.45) is 0 Å². The summed E-state index contributed by atoms with van der Waals surface area (Å²) in [6.45, 7) is 12.1. The number of aryl methyl sites for hydroxylation is 7. The smallest absolute Gasteiger partial charge is 0.583 e. The van der Waals surface area contributed by atoms with E-state index in [9.17, 15) is 0 Å². The zero-order chi connectivity index (χ0) is 46.4. The number of rotatable bonds is 7. The van der Waals surface area contributed by atoms with E-state index in [2.05, 4.69) is 237 Å². The van der Waals surface area contributed by atoms with Gasteiger partial charge in [0.05, 0.1) is 51.2 Å². The predicted molar refractivity (Wildman–Crippen MR) is 273 cm³/mol. The molecular formula is C60H51BN4O3. The number of H-pyrrole nitrogens is 2. The first-order valence-corrected chi connectivity index (χ1v) is 23.4. The van der Waals surface area contributed by atoms with E-state index < -0.39 is 6.82 Å². The summed E-state index contributed by atoms with van der Waals surface area (Å²) in [5, 5.41) is 0. The lowest BCUT2D eigenvalue weighted by Gasteiger charge is -2.50. The van der Waals surface area contributed by atoms with Gasteiger partial charge in [-0.05, 0) is 172 Å². The second-order valence-corrected chi connectivity index (χ2v) is 18.9. The number of hydrogen-bond acceptors (Lipinski definition) is 3. The molecule has 68 heavy (non-hydrogen) atoms. The molecule has 2 aliphatic heterocycles. The van der Waals surface area contributed by atoms with Crippen LogP contribution in [-0.2, 0) is 0 Å². The van der Waals surface area contributed by atoms with Gasteiger partial charge < -0.3 is 32.7 Å². The van der Waals surface area contributed by atoms with Crippen LogP contribution in [-0.4, -0.2) is 25.7 Å². The highest BCUT2D eigenvalue weighted by molar-refractivity contribution is 6.67. The fourth-order valence-electron chi connectivity index (χ4n) is 10.6. The number of nitrogens with one attached hydrogen (secondary N) is 2. The summed E-state index contributed by atoms with van der Waals surface area (Å²) >= 11 is 0. The molecule has 0 unspecified atom stereocenters. The molecular weight excluding hydrogens is 835 g/mol. The maximum absolute atomic E-state index is 7.81. The molecule has 8 bridgehead atoms. The van der Waals surface area contributed by atoms with Crippen molar-refractivity contribution in [2.45, 2.75) is 48.5 Å². The minimum absolute atomic E-state index is 0.702. The van der Waals surface area contributed by atoms with Crippen LogP contribution in [0.1, 0.15) is 78.4 Å². The quantitative estimate of drug-likeness (QED) is 0.124. The largest absolute Gasteiger partial charge is 0.646 e. The Morgan fingerprint density at radius 3 is 1.19 bits per heavy atom. The van der Waals surface area contributed by atoms with Crippen LogP contribution < -0.4 is 20.1 Å². The Morgan fingerprint density at radius 2 is 0.779 bits per heavy atom. The first-order chi connectivity index (χ1) is 33.0. The highest BCUT2D eigenvalue weighted by Crippen LogP contribution is 2.46. The van der Waals surface area contributed by atoms with E-state index in [1.807, 2.05) is 0 Å². The lowest BCUT2D eigenvalue weighted by molar-refractivity contribution is 0.342. The van der Waals surface area contributed by atoms with Crippen LogP contribution in [0.2, 0.25) is 0 Å². The third-order valence-electron chi connectivity index (χ3n) is 13.6. The maximum atomic E-state index is 7.81. The van der Waals surface area contributed by atoms with Gasteiger partial charge in [0, 0.05) is 46.8 Å². The second kappa shape index (κ2) is 15.7. The molecule has 0 radical (unpaired) electrons. The summed E-state index contributed by atoms with van der Waals surface area (Å²) in [6.07, 6.45) is 0. The summed E-state index contributed by atoms with van der Waals surface area (Å²) < 4.78 is 27.3. The fraction of sp³-hybridized carbons (Fsp3) is 0.117. The first-order valence-electron chi connectivity index (χ1n) is 23.4. The zero-order valence-corrected chi connectivity index (χ0v) is 39.4. The minimum atomic E-state index is -2.77. The van der Waals surface area contributed by atoms with E-state index in [1.165, 1.54) is 16.7 Å². The van der Waals surface area contributed by atoms with Crippen molar-refractivity contribution in [2.75, 3.05) is 0 Å². The van der Waals surface area contributed by atoms with Crippen LogP contribution in [0, 0.1) is 54.4 Å². The number of aromatic nitrogens is 4. The van der Waals surface area contributed by atoms with Crippen molar-refractivity contribution in [3.05, 3.63) is 265 Å². The molecule has 0 atom stereocenters. The van der Waals surface area contributed by atoms with Crippen LogP contribution in [0.4, 0.5) is 0 Å². The molecule has 7 heterocycles. The number of nitrogens with zero attached hydrogens (tertiary/aromatic N) is 2.